The summed E-state index contributed by atoms with van der Waals surface area (Å²) >= 11 is 0. The molecule has 0 radical (unpaired) electrons. The number of carbonyl (C=O) groups excluding carboxylic acids is 2. The van der Waals surface area contributed by atoms with Gasteiger partial charge in [0.05, 0.1) is 6.20 Å². The van der Waals surface area contributed by atoms with E-state index in [9.17, 15) is 9.59 Å². The Kier molecular flexibility index (Phi) is 6.13. The lowest BCUT2D eigenvalue weighted by Crippen LogP contribution is -2.30. The smallest absolute Gasteiger partial charge is 0.259 e. The Hall–Kier alpha value is -2.87. The third-order valence-electron chi connectivity index (χ3n) is 3.57. The number of hydrogen-bond acceptors (Lipinski definition) is 5. The second-order valence-electron chi connectivity index (χ2n) is 5.76. The number of amides is 2. The fourth-order valence-corrected chi connectivity index (χ4v) is 2.19. The van der Waals surface area contributed by atoms with Crippen LogP contribution in [0.2, 0.25) is 0 Å². The van der Waals surface area contributed by atoms with Crippen LogP contribution >= 0.6 is 0 Å². The van der Waals surface area contributed by atoms with E-state index in [4.69, 9.17) is 4.74 Å². The molecule has 0 bridgehead atoms. The molecule has 0 aliphatic rings. The topological polar surface area (TPSA) is 88.5 Å². The summed E-state index contributed by atoms with van der Waals surface area (Å²) in [5, 5.41) is 9.89. The van der Waals surface area contributed by atoms with Crippen LogP contribution in [0.1, 0.15) is 11.6 Å². The van der Waals surface area contributed by atoms with E-state index >= 15 is 0 Å². The standard InChI is InChI=1S/C17H23N5O3/c1-18-16(12-9-19-22(4)10-12)17(24)20-13-6-5-7-14(8-13)25-11-15(23)21(2)3/h5-10,16,18H,11H2,1-4H3,(H,20,24). The number of nitrogens with one attached hydrogen (secondary N) is 2. The molecule has 1 heterocycles. The number of anilines is 1. The lowest BCUT2D eigenvalue weighted by atomic mass is 10.1. The molecule has 0 aliphatic carbocycles. The van der Waals surface area contributed by atoms with Crippen molar-refractivity contribution in [2.45, 2.75) is 6.04 Å². The van der Waals surface area contributed by atoms with Gasteiger partial charge in [-0.2, -0.15) is 5.10 Å². The Balaban J connectivity index is 2.02. The van der Waals surface area contributed by atoms with Gasteiger partial charge in [0.15, 0.2) is 6.61 Å². The van der Waals surface area contributed by atoms with Crippen molar-refractivity contribution in [2.75, 3.05) is 33.1 Å². The summed E-state index contributed by atoms with van der Waals surface area (Å²) in [6.07, 6.45) is 3.43. The molecule has 0 spiro atoms. The maximum Gasteiger partial charge on any atom is 0.259 e. The molecule has 2 rings (SSSR count). The molecule has 0 aliphatic heterocycles. The molecule has 134 valence electrons. The third-order valence-corrected chi connectivity index (χ3v) is 3.57. The number of likely N-dealkylation sites (N-methyl/N-ethyl adjacent to an activating group) is 2. The molecule has 8 heteroatoms. The van der Waals surface area contributed by atoms with Gasteiger partial charge in [-0.05, 0) is 19.2 Å². The second-order valence-corrected chi connectivity index (χ2v) is 5.76. The molecule has 2 N–H and O–H groups in total. The van der Waals surface area contributed by atoms with Crippen LogP contribution in [0.15, 0.2) is 36.7 Å². The van der Waals surface area contributed by atoms with Crippen molar-refractivity contribution in [2.24, 2.45) is 7.05 Å². The van der Waals surface area contributed by atoms with Gasteiger partial charge in [-0.25, -0.2) is 0 Å². The predicted octanol–water partition coefficient (Wildman–Crippen LogP) is 0.786. The van der Waals surface area contributed by atoms with Gasteiger partial charge in [-0.1, -0.05) is 6.07 Å². The van der Waals surface area contributed by atoms with Gasteiger partial charge in [0, 0.05) is 44.7 Å². The van der Waals surface area contributed by atoms with Crippen molar-refractivity contribution in [1.29, 1.82) is 0 Å². The van der Waals surface area contributed by atoms with Crippen LogP contribution in [-0.4, -0.2) is 54.2 Å². The van der Waals surface area contributed by atoms with E-state index in [2.05, 4.69) is 15.7 Å². The quantitative estimate of drug-likeness (QED) is 0.774. The van der Waals surface area contributed by atoms with Gasteiger partial charge < -0.3 is 20.3 Å². The highest BCUT2D eigenvalue weighted by atomic mass is 16.5. The largest absolute Gasteiger partial charge is 0.484 e. The molecular formula is C17H23N5O3. The molecule has 0 saturated heterocycles. The summed E-state index contributed by atoms with van der Waals surface area (Å²) in [6, 6.07) is 6.40. The number of nitrogens with zero attached hydrogens (tertiary/aromatic N) is 3. The Labute approximate surface area is 146 Å². The van der Waals surface area contributed by atoms with Crippen molar-refractivity contribution in [3.63, 3.8) is 0 Å². The Morgan fingerprint density at radius 3 is 2.72 bits per heavy atom. The number of rotatable bonds is 7. The van der Waals surface area contributed by atoms with Gasteiger partial charge >= 0.3 is 0 Å². The number of aromatic nitrogens is 2. The van der Waals surface area contributed by atoms with Crippen LogP contribution in [0.25, 0.3) is 0 Å². The van der Waals surface area contributed by atoms with Gasteiger partial charge in [-0.3, -0.25) is 14.3 Å². The molecule has 1 aromatic heterocycles. The van der Waals surface area contributed by atoms with Crippen LogP contribution in [-0.2, 0) is 16.6 Å². The summed E-state index contributed by atoms with van der Waals surface area (Å²) in [6.45, 7) is -0.0563. The first-order chi connectivity index (χ1) is 11.9. The molecule has 2 aromatic rings. The number of benzene rings is 1. The Morgan fingerprint density at radius 2 is 2.12 bits per heavy atom. The minimum absolute atomic E-state index is 0.0563. The number of ether oxygens (including phenoxy) is 1. The van der Waals surface area contributed by atoms with Crippen LogP contribution in [0.3, 0.4) is 0 Å². The van der Waals surface area contributed by atoms with Crippen molar-refractivity contribution < 1.29 is 14.3 Å². The van der Waals surface area contributed by atoms with E-state index in [1.54, 1.807) is 69.5 Å². The molecule has 1 atom stereocenters. The van der Waals surface area contributed by atoms with Crippen LogP contribution in [0.5, 0.6) is 5.75 Å². The second kappa shape index (κ2) is 8.29. The van der Waals surface area contributed by atoms with Crippen LogP contribution in [0.4, 0.5) is 5.69 Å². The number of aryl methyl sites for hydroxylation is 1. The summed E-state index contributed by atoms with van der Waals surface area (Å²) < 4.78 is 7.10. The zero-order valence-electron chi connectivity index (χ0n) is 14.8. The Morgan fingerprint density at radius 1 is 1.36 bits per heavy atom. The molecule has 2 amide bonds. The van der Waals surface area contributed by atoms with Gasteiger partial charge in [0.2, 0.25) is 5.91 Å². The molecule has 1 aromatic carbocycles. The predicted molar refractivity (Wildman–Crippen MR) is 94.3 cm³/mol. The van der Waals surface area contributed by atoms with Gasteiger partial charge in [-0.15, -0.1) is 0 Å². The van der Waals surface area contributed by atoms with Gasteiger partial charge in [0.1, 0.15) is 11.8 Å². The third kappa shape index (κ3) is 5.05. The monoisotopic (exact) mass is 345 g/mol. The minimum Gasteiger partial charge on any atom is -0.484 e. The fourth-order valence-electron chi connectivity index (χ4n) is 2.19. The van der Waals surface area contributed by atoms with Crippen molar-refractivity contribution in [3.05, 3.63) is 42.2 Å². The Bertz CT molecular complexity index is 741. The summed E-state index contributed by atoms with van der Waals surface area (Å²) in [7, 11) is 6.84. The first-order valence-electron chi connectivity index (χ1n) is 7.80. The summed E-state index contributed by atoms with van der Waals surface area (Å²) in [5.74, 6) is 0.161. The summed E-state index contributed by atoms with van der Waals surface area (Å²) in [4.78, 5) is 25.5. The highest BCUT2D eigenvalue weighted by Crippen LogP contribution is 2.20. The minimum atomic E-state index is -0.520. The molecule has 0 fully saturated rings. The van der Waals surface area contributed by atoms with Crippen molar-refractivity contribution in [3.8, 4) is 5.75 Å². The lowest BCUT2D eigenvalue weighted by molar-refractivity contribution is -0.130. The molecule has 25 heavy (non-hydrogen) atoms. The van der Waals surface area contributed by atoms with Crippen molar-refractivity contribution in [1.82, 2.24) is 20.0 Å². The first kappa shape index (κ1) is 18.5. The van der Waals surface area contributed by atoms with E-state index in [-0.39, 0.29) is 18.4 Å². The highest BCUT2D eigenvalue weighted by molar-refractivity contribution is 5.95. The molecule has 8 nitrogen and oxygen atoms in total. The van der Waals surface area contributed by atoms with Crippen LogP contribution in [0, 0.1) is 0 Å². The zero-order chi connectivity index (χ0) is 18.4. The SMILES string of the molecule is CNC(C(=O)Nc1cccc(OCC(=O)N(C)C)c1)c1cnn(C)c1. The highest BCUT2D eigenvalue weighted by Gasteiger charge is 2.20. The van der Waals surface area contributed by atoms with E-state index in [0.717, 1.165) is 5.56 Å². The first-order valence-corrected chi connectivity index (χ1v) is 7.80. The normalized spacial score (nSPS) is 11.7. The maximum atomic E-state index is 12.5. The van der Waals surface area contributed by atoms with E-state index < -0.39 is 6.04 Å². The maximum absolute atomic E-state index is 12.5. The lowest BCUT2D eigenvalue weighted by Gasteiger charge is -2.15. The molecule has 0 saturated carbocycles. The fraction of sp³-hybridized carbons (Fsp3) is 0.353. The average molecular weight is 345 g/mol. The average Bonchev–Trinajstić information content (AvgIpc) is 2.99. The molecule has 1 unspecified atom stereocenters. The van der Waals surface area contributed by atoms with Gasteiger partial charge in [0.25, 0.3) is 5.91 Å². The van der Waals surface area contributed by atoms with E-state index in [0.29, 0.717) is 11.4 Å². The number of hydrogen-bond donors (Lipinski definition) is 2. The number of carbonyl (C=O) groups is 2. The molecular weight excluding hydrogens is 322 g/mol. The summed E-state index contributed by atoms with van der Waals surface area (Å²) in [5.41, 5.74) is 1.36. The van der Waals surface area contributed by atoms with E-state index in [1.807, 2.05) is 0 Å². The zero-order valence-corrected chi connectivity index (χ0v) is 14.8. The van der Waals surface area contributed by atoms with Crippen LogP contribution < -0.4 is 15.4 Å². The van der Waals surface area contributed by atoms with E-state index in [1.165, 1.54) is 4.90 Å². The van der Waals surface area contributed by atoms with Crippen molar-refractivity contribution >= 4 is 17.5 Å².